The molecule has 0 aliphatic heterocycles. The average molecular weight is 156 g/mol. The van der Waals surface area contributed by atoms with Crippen LogP contribution in [0.3, 0.4) is 0 Å². The van der Waals surface area contributed by atoms with Gasteiger partial charge in [0.2, 0.25) is 0 Å². The molecular formula is C7H12N2O2. The van der Waals surface area contributed by atoms with E-state index in [2.05, 4.69) is 10.1 Å². The van der Waals surface area contributed by atoms with Crippen LogP contribution >= 0.6 is 0 Å². The molecule has 0 rings (SSSR count). The number of amides is 1. The lowest BCUT2D eigenvalue weighted by Crippen LogP contribution is -2.25. The summed E-state index contributed by atoms with van der Waals surface area (Å²) in [6.07, 6.45) is 0.729. The highest BCUT2D eigenvalue weighted by Crippen LogP contribution is 1.83. The van der Waals surface area contributed by atoms with Crippen LogP contribution in [0.25, 0.3) is 0 Å². The van der Waals surface area contributed by atoms with Crippen molar-refractivity contribution in [3.05, 3.63) is 0 Å². The number of nitrogens with one attached hydrogen (secondary N) is 1. The van der Waals surface area contributed by atoms with Gasteiger partial charge in [-0.3, -0.25) is 0 Å². The molecule has 0 aromatic heterocycles. The Kier molecular flexibility index (Phi) is 6.10. The molecule has 0 aromatic carbocycles. The molecule has 0 aliphatic rings. The predicted molar refractivity (Wildman–Crippen MR) is 39.9 cm³/mol. The minimum atomic E-state index is -0.412. The molecule has 0 fully saturated rings. The van der Waals surface area contributed by atoms with Crippen LogP contribution in [-0.2, 0) is 4.74 Å². The van der Waals surface area contributed by atoms with Gasteiger partial charge in [-0.15, -0.1) is 0 Å². The van der Waals surface area contributed by atoms with Crippen LogP contribution in [0.1, 0.15) is 19.8 Å². The summed E-state index contributed by atoms with van der Waals surface area (Å²) < 4.78 is 4.59. The first-order valence-corrected chi connectivity index (χ1v) is 3.58. The van der Waals surface area contributed by atoms with Gasteiger partial charge in [-0.2, -0.15) is 5.26 Å². The number of nitrogens with zero attached hydrogens (tertiary/aromatic N) is 1. The van der Waals surface area contributed by atoms with E-state index >= 15 is 0 Å². The monoisotopic (exact) mass is 156 g/mol. The molecule has 0 aromatic rings. The molecule has 0 bridgehead atoms. The minimum absolute atomic E-state index is 0.379. The van der Waals surface area contributed by atoms with E-state index in [0.717, 1.165) is 0 Å². The van der Waals surface area contributed by atoms with Crippen molar-refractivity contribution >= 4 is 6.09 Å². The third-order valence-corrected chi connectivity index (χ3v) is 1.01. The summed E-state index contributed by atoms with van der Waals surface area (Å²) in [5, 5.41) is 10.6. The normalized spacial score (nSPS) is 8.36. The van der Waals surface area contributed by atoms with Crippen LogP contribution in [0.2, 0.25) is 0 Å². The smallest absolute Gasteiger partial charge is 0.407 e. The highest BCUT2D eigenvalue weighted by Gasteiger charge is 1.96. The standard InChI is InChI=1S/C7H12N2O2/c1-2-11-7(10)9-6-4-3-5-8/h2-4,6H2,1H3,(H,9,10). The van der Waals surface area contributed by atoms with E-state index in [1.165, 1.54) is 0 Å². The SMILES string of the molecule is CCOC(=O)NCCCC#N. The topological polar surface area (TPSA) is 62.1 Å². The Bertz CT molecular complexity index is 151. The van der Waals surface area contributed by atoms with Crippen molar-refractivity contribution in [1.82, 2.24) is 5.32 Å². The van der Waals surface area contributed by atoms with Gasteiger partial charge >= 0.3 is 6.09 Å². The van der Waals surface area contributed by atoms with E-state index in [1.54, 1.807) is 6.92 Å². The zero-order valence-corrected chi connectivity index (χ0v) is 6.59. The van der Waals surface area contributed by atoms with Gasteiger partial charge in [-0.1, -0.05) is 0 Å². The van der Waals surface area contributed by atoms with Gasteiger partial charge < -0.3 is 10.1 Å². The van der Waals surface area contributed by atoms with Crippen molar-refractivity contribution in [3.8, 4) is 6.07 Å². The molecule has 0 unspecified atom stereocenters. The first-order chi connectivity index (χ1) is 5.31. The molecule has 0 heterocycles. The van der Waals surface area contributed by atoms with Gasteiger partial charge in [0, 0.05) is 13.0 Å². The highest BCUT2D eigenvalue weighted by atomic mass is 16.5. The van der Waals surface area contributed by atoms with Crippen LogP contribution in [0.15, 0.2) is 0 Å². The first-order valence-electron chi connectivity index (χ1n) is 3.58. The highest BCUT2D eigenvalue weighted by molar-refractivity contribution is 5.66. The van der Waals surface area contributed by atoms with Gasteiger partial charge in [0.05, 0.1) is 12.7 Å². The fourth-order valence-corrected chi connectivity index (χ4v) is 0.540. The van der Waals surface area contributed by atoms with E-state index < -0.39 is 6.09 Å². The van der Waals surface area contributed by atoms with Crippen molar-refractivity contribution < 1.29 is 9.53 Å². The Hall–Kier alpha value is -1.24. The third kappa shape index (κ3) is 6.65. The largest absolute Gasteiger partial charge is 0.450 e. The molecule has 0 atom stereocenters. The number of unbranched alkanes of at least 4 members (excludes halogenated alkanes) is 1. The Morgan fingerprint density at radius 1 is 1.73 bits per heavy atom. The second-order valence-electron chi connectivity index (χ2n) is 1.91. The van der Waals surface area contributed by atoms with Gasteiger partial charge in [0.15, 0.2) is 0 Å². The predicted octanol–water partition coefficient (Wildman–Crippen LogP) is 1.04. The van der Waals surface area contributed by atoms with Gasteiger partial charge in [-0.25, -0.2) is 4.79 Å². The second kappa shape index (κ2) is 6.87. The van der Waals surface area contributed by atoms with Crippen molar-refractivity contribution in [1.29, 1.82) is 5.26 Å². The minimum Gasteiger partial charge on any atom is -0.450 e. The average Bonchev–Trinajstić information content (AvgIpc) is 1.99. The summed E-state index contributed by atoms with van der Waals surface area (Å²) in [4.78, 5) is 10.6. The summed E-state index contributed by atoms with van der Waals surface area (Å²) in [5.74, 6) is 0. The molecule has 0 saturated carbocycles. The van der Waals surface area contributed by atoms with Gasteiger partial charge in [0.1, 0.15) is 0 Å². The summed E-state index contributed by atoms with van der Waals surface area (Å²) in [7, 11) is 0. The van der Waals surface area contributed by atoms with Crippen molar-refractivity contribution in [2.75, 3.05) is 13.2 Å². The first kappa shape index (κ1) is 9.76. The zero-order valence-electron chi connectivity index (χ0n) is 6.59. The summed E-state index contributed by atoms with van der Waals surface area (Å²) in [6.45, 7) is 2.63. The van der Waals surface area contributed by atoms with Gasteiger partial charge in [-0.05, 0) is 13.3 Å². The zero-order chi connectivity index (χ0) is 8.53. The number of alkyl carbamates (subject to hydrolysis) is 1. The Morgan fingerprint density at radius 3 is 3.00 bits per heavy atom. The van der Waals surface area contributed by atoms with E-state index in [-0.39, 0.29) is 0 Å². The van der Waals surface area contributed by atoms with Crippen LogP contribution in [0.4, 0.5) is 4.79 Å². The number of carbonyl (C=O) groups excluding carboxylic acids is 1. The maximum absolute atomic E-state index is 10.6. The van der Waals surface area contributed by atoms with E-state index in [1.807, 2.05) is 6.07 Å². The lowest BCUT2D eigenvalue weighted by atomic mass is 10.3. The molecule has 0 saturated heterocycles. The van der Waals surface area contributed by atoms with Gasteiger partial charge in [0.25, 0.3) is 0 Å². The van der Waals surface area contributed by atoms with Crippen LogP contribution in [0, 0.1) is 11.3 Å². The lowest BCUT2D eigenvalue weighted by Gasteiger charge is -2.02. The molecule has 1 amide bonds. The number of hydrogen-bond donors (Lipinski definition) is 1. The molecule has 0 aliphatic carbocycles. The number of ether oxygens (including phenoxy) is 1. The fourth-order valence-electron chi connectivity index (χ4n) is 0.540. The summed E-state index contributed by atoms with van der Waals surface area (Å²) in [6, 6.07) is 1.98. The van der Waals surface area contributed by atoms with Crippen LogP contribution < -0.4 is 5.32 Å². The quantitative estimate of drug-likeness (QED) is 0.618. The molecule has 11 heavy (non-hydrogen) atoms. The fraction of sp³-hybridized carbons (Fsp3) is 0.714. The molecule has 0 radical (unpaired) electrons. The number of carbonyl (C=O) groups is 1. The third-order valence-electron chi connectivity index (χ3n) is 1.01. The second-order valence-corrected chi connectivity index (χ2v) is 1.91. The number of hydrogen-bond acceptors (Lipinski definition) is 3. The molecule has 1 N–H and O–H groups in total. The summed E-state index contributed by atoms with van der Waals surface area (Å²) >= 11 is 0. The lowest BCUT2D eigenvalue weighted by molar-refractivity contribution is 0.152. The van der Waals surface area contributed by atoms with Crippen molar-refractivity contribution in [2.45, 2.75) is 19.8 Å². The van der Waals surface area contributed by atoms with E-state index in [4.69, 9.17) is 5.26 Å². The number of rotatable bonds is 4. The number of nitriles is 1. The van der Waals surface area contributed by atoms with Crippen LogP contribution in [-0.4, -0.2) is 19.2 Å². The maximum Gasteiger partial charge on any atom is 0.407 e. The Morgan fingerprint density at radius 2 is 2.45 bits per heavy atom. The molecule has 4 nitrogen and oxygen atoms in total. The van der Waals surface area contributed by atoms with Crippen molar-refractivity contribution in [3.63, 3.8) is 0 Å². The maximum atomic E-state index is 10.6. The Labute approximate surface area is 66.1 Å². The molecular weight excluding hydrogens is 144 g/mol. The summed E-state index contributed by atoms with van der Waals surface area (Å²) in [5.41, 5.74) is 0. The van der Waals surface area contributed by atoms with Crippen molar-refractivity contribution in [2.24, 2.45) is 0 Å². The van der Waals surface area contributed by atoms with Crippen LogP contribution in [0.5, 0.6) is 0 Å². The molecule has 4 heteroatoms. The molecule has 62 valence electrons. The Balaban J connectivity index is 3.12. The van der Waals surface area contributed by atoms with E-state index in [0.29, 0.717) is 26.0 Å². The molecule has 0 spiro atoms. The van der Waals surface area contributed by atoms with E-state index in [9.17, 15) is 4.79 Å².